The van der Waals surface area contributed by atoms with Gasteiger partial charge in [0.05, 0.1) is 7.11 Å². The molecule has 0 fully saturated rings. The monoisotopic (exact) mass is 340 g/mol. The highest BCUT2D eigenvalue weighted by Crippen LogP contribution is 2.18. The van der Waals surface area contributed by atoms with Crippen LogP contribution in [0.2, 0.25) is 0 Å². The lowest BCUT2D eigenvalue weighted by Crippen LogP contribution is -2.43. The maximum atomic E-state index is 11.7. The molecular weight excluding hydrogens is 320 g/mol. The van der Waals surface area contributed by atoms with Crippen LogP contribution in [0.25, 0.3) is 6.08 Å². The summed E-state index contributed by atoms with van der Waals surface area (Å²) in [6, 6.07) is 14.6. The Hall–Kier alpha value is -3.28. The van der Waals surface area contributed by atoms with Gasteiger partial charge in [-0.1, -0.05) is 35.9 Å². The quantitative estimate of drug-likeness (QED) is 0.625. The molecule has 0 aliphatic carbocycles. The second-order valence-corrected chi connectivity index (χ2v) is 5.21. The zero-order valence-electron chi connectivity index (χ0n) is 14.1. The van der Waals surface area contributed by atoms with Crippen molar-refractivity contribution in [1.82, 2.24) is 10.9 Å². The molecule has 25 heavy (non-hydrogen) atoms. The molecule has 0 bridgehead atoms. The molecule has 2 aromatic rings. The largest absolute Gasteiger partial charge is 0.496 e. The molecule has 0 aliphatic rings. The fraction of sp³-hybridized carbons (Fsp3) is 0.158. The third kappa shape index (κ3) is 6.02. The molecule has 0 heterocycles. The van der Waals surface area contributed by atoms with Gasteiger partial charge in [0.1, 0.15) is 11.5 Å². The lowest BCUT2D eigenvalue weighted by molar-refractivity contribution is -0.128. The van der Waals surface area contributed by atoms with E-state index in [0.29, 0.717) is 11.5 Å². The van der Waals surface area contributed by atoms with Crippen molar-refractivity contribution in [2.75, 3.05) is 13.7 Å². The van der Waals surface area contributed by atoms with Gasteiger partial charge in [-0.15, -0.1) is 0 Å². The Morgan fingerprint density at radius 1 is 1.04 bits per heavy atom. The van der Waals surface area contributed by atoms with Crippen molar-refractivity contribution in [3.8, 4) is 11.5 Å². The van der Waals surface area contributed by atoms with E-state index in [4.69, 9.17) is 9.47 Å². The fourth-order valence-corrected chi connectivity index (χ4v) is 1.96. The van der Waals surface area contributed by atoms with Gasteiger partial charge in [0.15, 0.2) is 6.61 Å². The molecule has 0 radical (unpaired) electrons. The van der Waals surface area contributed by atoms with E-state index < -0.39 is 11.8 Å². The molecule has 0 atom stereocenters. The molecule has 0 aliphatic heterocycles. The number of benzene rings is 2. The number of hydrazine groups is 1. The lowest BCUT2D eigenvalue weighted by atomic mass is 10.2. The van der Waals surface area contributed by atoms with Crippen LogP contribution >= 0.6 is 0 Å². The molecule has 2 aromatic carbocycles. The summed E-state index contributed by atoms with van der Waals surface area (Å²) in [5.74, 6) is 0.319. The molecule has 0 saturated carbocycles. The van der Waals surface area contributed by atoms with E-state index in [1.54, 1.807) is 31.4 Å². The van der Waals surface area contributed by atoms with Gasteiger partial charge in [-0.3, -0.25) is 20.4 Å². The lowest BCUT2D eigenvalue weighted by Gasteiger charge is -2.08. The van der Waals surface area contributed by atoms with Gasteiger partial charge in [-0.2, -0.15) is 0 Å². The Kier molecular flexibility index (Phi) is 6.59. The van der Waals surface area contributed by atoms with Crippen LogP contribution in [-0.2, 0) is 9.59 Å². The van der Waals surface area contributed by atoms with Crippen molar-refractivity contribution >= 4 is 17.9 Å². The third-order valence-corrected chi connectivity index (χ3v) is 3.27. The average Bonchev–Trinajstić information content (AvgIpc) is 2.64. The smallest absolute Gasteiger partial charge is 0.276 e. The number of carbonyl (C=O) groups is 2. The van der Waals surface area contributed by atoms with Crippen molar-refractivity contribution in [3.05, 3.63) is 65.7 Å². The summed E-state index contributed by atoms with van der Waals surface area (Å²) in [4.78, 5) is 23.4. The number of hydrogen-bond acceptors (Lipinski definition) is 4. The minimum atomic E-state index is -0.463. The highest BCUT2D eigenvalue weighted by Gasteiger charge is 2.04. The van der Waals surface area contributed by atoms with E-state index in [0.717, 1.165) is 11.1 Å². The second kappa shape index (κ2) is 9.12. The number of methoxy groups -OCH3 is 1. The average molecular weight is 340 g/mol. The number of nitrogens with one attached hydrogen (secondary N) is 2. The van der Waals surface area contributed by atoms with Crippen LogP contribution < -0.4 is 20.3 Å². The minimum Gasteiger partial charge on any atom is -0.496 e. The molecule has 2 amide bonds. The van der Waals surface area contributed by atoms with Crippen LogP contribution in [0.5, 0.6) is 11.5 Å². The predicted octanol–water partition coefficient (Wildman–Crippen LogP) is 2.24. The molecule has 2 N–H and O–H groups in total. The summed E-state index contributed by atoms with van der Waals surface area (Å²) in [6.07, 6.45) is 2.90. The van der Waals surface area contributed by atoms with Crippen LogP contribution in [-0.4, -0.2) is 25.5 Å². The van der Waals surface area contributed by atoms with Crippen molar-refractivity contribution in [1.29, 1.82) is 0 Å². The summed E-state index contributed by atoms with van der Waals surface area (Å²) >= 11 is 0. The number of carbonyl (C=O) groups excluding carboxylic acids is 2. The molecule has 0 spiro atoms. The SMILES string of the molecule is COc1ccccc1C=CC(=O)NNC(=O)COc1ccc(C)cc1. The van der Waals surface area contributed by atoms with Crippen LogP contribution in [0.4, 0.5) is 0 Å². The summed E-state index contributed by atoms with van der Waals surface area (Å²) in [5.41, 5.74) is 6.43. The Morgan fingerprint density at radius 2 is 1.76 bits per heavy atom. The molecule has 6 heteroatoms. The van der Waals surface area contributed by atoms with E-state index in [2.05, 4.69) is 10.9 Å². The summed E-state index contributed by atoms with van der Waals surface area (Å²) in [5, 5.41) is 0. The Balaban J connectivity index is 1.76. The Bertz CT molecular complexity index is 754. The highest BCUT2D eigenvalue weighted by atomic mass is 16.5. The van der Waals surface area contributed by atoms with Gasteiger partial charge < -0.3 is 9.47 Å². The number of aryl methyl sites for hydroxylation is 1. The first-order valence-electron chi connectivity index (χ1n) is 7.68. The van der Waals surface area contributed by atoms with E-state index in [9.17, 15) is 9.59 Å². The summed E-state index contributed by atoms with van der Waals surface area (Å²) < 4.78 is 10.5. The number of rotatable bonds is 6. The Morgan fingerprint density at radius 3 is 2.48 bits per heavy atom. The number of ether oxygens (including phenoxy) is 2. The van der Waals surface area contributed by atoms with Crippen molar-refractivity contribution in [2.24, 2.45) is 0 Å². The first kappa shape index (κ1) is 18.1. The van der Waals surface area contributed by atoms with E-state index >= 15 is 0 Å². The normalized spacial score (nSPS) is 10.3. The van der Waals surface area contributed by atoms with Crippen molar-refractivity contribution in [3.63, 3.8) is 0 Å². The molecule has 0 saturated heterocycles. The van der Waals surface area contributed by atoms with Gasteiger partial charge in [0, 0.05) is 11.6 Å². The van der Waals surface area contributed by atoms with E-state index in [-0.39, 0.29) is 6.61 Å². The molecular formula is C19H20N2O4. The molecule has 6 nitrogen and oxygen atoms in total. The zero-order valence-corrected chi connectivity index (χ0v) is 14.1. The van der Waals surface area contributed by atoms with Crippen molar-refractivity contribution < 1.29 is 19.1 Å². The fourth-order valence-electron chi connectivity index (χ4n) is 1.96. The Labute approximate surface area is 146 Å². The maximum absolute atomic E-state index is 11.7. The minimum absolute atomic E-state index is 0.195. The van der Waals surface area contributed by atoms with Gasteiger partial charge in [0.25, 0.3) is 11.8 Å². The van der Waals surface area contributed by atoms with Gasteiger partial charge in [-0.05, 0) is 31.2 Å². The molecule has 2 rings (SSSR count). The zero-order chi connectivity index (χ0) is 18.1. The topological polar surface area (TPSA) is 76.7 Å². The highest BCUT2D eigenvalue weighted by molar-refractivity contribution is 5.93. The standard InChI is InChI=1S/C19H20N2O4/c1-14-7-10-16(11-8-14)25-13-19(23)21-20-18(22)12-9-15-5-3-4-6-17(15)24-2/h3-12H,13H2,1-2H3,(H,20,22)(H,21,23). The van der Waals surface area contributed by atoms with Gasteiger partial charge in [-0.25, -0.2) is 0 Å². The van der Waals surface area contributed by atoms with E-state index in [1.165, 1.54) is 6.08 Å². The van der Waals surface area contributed by atoms with Gasteiger partial charge in [0.2, 0.25) is 0 Å². The van der Waals surface area contributed by atoms with Crippen LogP contribution in [0, 0.1) is 6.92 Å². The summed E-state index contributed by atoms with van der Waals surface area (Å²) in [6.45, 7) is 1.77. The second-order valence-electron chi connectivity index (χ2n) is 5.21. The maximum Gasteiger partial charge on any atom is 0.276 e. The van der Waals surface area contributed by atoms with Crippen LogP contribution in [0.15, 0.2) is 54.6 Å². The number of amides is 2. The third-order valence-electron chi connectivity index (χ3n) is 3.27. The first-order valence-corrected chi connectivity index (χ1v) is 7.68. The number of hydrogen-bond donors (Lipinski definition) is 2. The number of para-hydroxylation sites is 1. The molecule has 0 aromatic heterocycles. The van der Waals surface area contributed by atoms with Crippen LogP contribution in [0.1, 0.15) is 11.1 Å². The van der Waals surface area contributed by atoms with Crippen LogP contribution in [0.3, 0.4) is 0 Å². The molecule has 130 valence electrons. The summed E-state index contributed by atoms with van der Waals surface area (Å²) in [7, 11) is 1.56. The molecule has 0 unspecified atom stereocenters. The van der Waals surface area contributed by atoms with Crippen molar-refractivity contribution in [2.45, 2.75) is 6.92 Å². The van der Waals surface area contributed by atoms with Gasteiger partial charge >= 0.3 is 0 Å². The first-order chi connectivity index (χ1) is 12.1. The van der Waals surface area contributed by atoms with E-state index in [1.807, 2.05) is 37.3 Å². The predicted molar refractivity (Wildman–Crippen MR) is 95.0 cm³/mol.